The lowest BCUT2D eigenvalue weighted by atomic mass is 10.1. The highest BCUT2D eigenvalue weighted by molar-refractivity contribution is 8.00. The van der Waals surface area contributed by atoms with Crippen LogP contribution in [-0.4, -0.2) is 333 Å². The summed E-state index contributed by atoms with van der Waals surface area (Å²) in [6, 6.07) is 0. The van der Waals surface area contributed by atoms with Crippen molar-refractivity contribution in [2.75, 3.05) is 183 Å². The van der Waals surface area contributed by atoms with Crippen LogP contribution < -0.4 is 0 Å². The van der Waals surface area contributed by atoms with E-state index in [1.807, 2.05) is 18.8 Å². The summed E-state index contributed by atoms with van der Waals surface area (Å²) in [5, 5.41) is -0.813. The average molecular weight is 1440 g/mol. The van der Waals surface area contributed by atoms with Crippen molar-refractivity contribution in [2.24, 2.45) is 5.92 Å². The summed E-state index contributed by atoms with van der Waals surface area (Å²) in [5.74, 6) is -4.12. The number of hydrogen-bond donors (Lipinski definition) is 1. The van der Waals surface area contributed by atoms with E-state index in [0.717, 1.165) is 19.6 Å². The summed E-state index contributed by atoms with van der Waals surface area (Å²) in [4.78, 5) is 193. The molecule has 0 N–H and O–H groups in total. The number of amides is 16. The number of thioether (sulfide) groups is 3. The largest absolute Gasteiger partial charge is 0.377 e. The Labute approximate surface area is 579 Å². The van der Waals surface area contributed by atoms with Crippen molar-refractivity contribution in [1.82, 2.24) is 39.2 Å². The molecule has 4 fully saturated rings. The van der Waals surface area contributed by atoms with Gasteiger partial charge in [0.05, 0.1) is 174 Å². The molecule has 16 amide bonds. The zero-order valence-electron chi connectivity index (χ0n) is 54.8. The zero-order chi connectivity index (χ0) is 71.4. The van der Waals surface area contributed by atoms with Gasteiger partial charge >= 0.3 is 0 Å². The van der Waals surface area contributed by atoms with E-state index in [1.165, 1.54) is 103 Å². The van der Waals surface area contributed by atoms with Crippen LogP contribution in [0.15, 0.2) is 48.6 Å². The van der Waals surface area contributed by atoms with Crippen LogP contribution in [0.3, 0.4) is 0 Å². The topological polar surface area (TPSA) is 373 Å². The summed E-state index contributed by atoms with van der Waals surface area (Å²) < 4.78 is 42.5. The summed E-state index contributed by atoms with van der Waals surface area (Å²) >= 11 is 7.68. The van der Waals surface area contributed by atoms with Crippen LogP contribution in [0.5, 0.6) is 0 Å². The van der Waals surface area contributed by atoms with Crippen molar-refractivity contribution in [1.29, 1.82) is 0 Å². The predicted octanol–water partition coefficient (Wildman–Crippen LogP) is -1.81. The number of nitrogens with zero attached hydrogens (tertiary/aromatic N) is 8. The molecule has 0 radical (unpaired) electrons. The molecule has 0 spiro atoms. The van der Waals surface area contributed by atoms with Crippen molar-refractivity contribution in [3.8, 4) is 0 Å². The Morgan fingerprint density at radius 2 is 0.443 bits per heavy atom. The smallest absolute Gasteiger partial charge is 0.253 e. The number of thiol groups is 1. The van der Waals surface area contributed by atoms with Crippen LogP contribution in [-0.2, 0) is 115 Å². The molecule has 8 rings (SSSR count). The molecule has 0 saturated carbocycles. The van der Waals surface area contributed by atoms with Crippen molar-refractivity contribution >= 4 is 142 Å². The van der Waals surface area contributed by atoms with Gasteiger partial charge < -0.3 is 37.9 Å². The van der Waals surface area contributed by atoms with E-state index in [1.54, 1.807) is 13.2 Å². The lowest BCUT2D eigenvalue weighted by Gasteiger charge is -2.15. The minimum atomic E-state index is -0.335. The first-order chi connectivity index (χ1) is 46.6. The Morgan fingerprint density at radius 3 is 0.598 bits per heavy atom. The van der Waals surface area contributed by atoms with Gasteiger partial charge in [0.1, 0.15) is 0 Å². The van der Waals surface area contributed by atoms with Crippen molar-refractivity contribution in [3.63, 3.8) is 0 Å². The number of imide groups is 8. The number of ether oxygens (including phenoxy) is 8. The molecule has 0 aromatic carbocycles. The maximum absolute atomic E-state index is 11.9. The highest BCUT2D eigenvalue weighted by atomic mass is 32.2. The number of likely N-dealkylation sites (tertiary alicyclic amines) is 4. The Hall–Kier alpha value is -6.84. The van der Waals surface area contributed by atoms with Gasteiger partial charge in [-0.3, -0.25) is 116 Å². The van der Waals surface area contributed by atoms with Crippen LogP contribution in [0.1, 0.15) is 32.6 Å². The Balaban J connectivity index is 0.000000273. The van der Waals surface area contributed by atoms with E-state index < -0.39 is 0 Å². The van der Waals surface area contributed by atoms with Gasteiger partial charge in [0.2, 0.25) is 47.3 Å². The molecule has 4 atom stereocenters. The molecule has 0 aromatic rings. The first-order valence-corrected chi connectivity index (χ1v) is 35.6. The summed E-state index contributed by atoms with van der Waals surface area (Å²) in [5.41, 5.74) is 0. The third-order valence-electron chi connectivity index (χ3n) is 14.7. The predicted molar refractivity (Wildman–Crippen MR) is 351 cm³/mol. The normalized spacial score (nSPS) is 20.5. The molecular formula is C61H84N8O24S4. The Bertz CT molecular complexity index is 2730. The van der Waals surface area contributed by atoms with Gasteiger partial charge in [0.25, 0.3) is 47.3 Å². The highest BCUT2D eigenvalue weighted by Gasteiger charge is 2.40. The molecule has 4 saturated heterocycles. The van der Waals surface area contributed by atoms with E-state index in [9.17, 15) is 76.7 Å². The van der Waals surface area contributed by atoms with Crippen molar-refractivity contribution < 1.29 is 115 Å². The summed E-state index contributed by atoms with van der Waals surface area (Å²) in [6.45, 7) is 8.01. The first kappa shape index (κ1) is 82.6. The molecule has 4 unspecified atom stereocenters. The SMILES string of the molecule is CS.CSC1CC(=O)N(CCOCCOCCN2C(=O)C=CC2=O)C1=O.CSC1CC(=O)N(CCOCCOCCN2C(=O)C=CC2=O)C1=O.CSC1CC(=O)N(CCOCCOCCN2C(=O)CC(C)C2=O)C1=O.O=C1C=CC(=O)N1CCOCCOCCN1C(=O)C=CC1=O. The molecule has 0 aliphatic carbocycles. The first-order valence-electron chi connectivity index (χ1n) is 30.8. The summed E-state index contributed by atoms with van der Waals surface area (Å²) in [6.07, 6.45) is 18.0. The molecule has 8 heterocycles. The van der Waals surface area contributed by atoms with Gasteiger partial charge in [-0.2, -0.15) is 47.9 Å². The van der Waals surface area contributed by atoms with E-state index in [0.29, 0.717) is 52.9 Å². The minimum absolute atomic E-state index is 0.145. The van der Waals surface area contributed by atoms with Gasteiger partial charge in [-0.05, 0) is 25.0 Å². The highest BCUT2D eigenvalue weighted by Crippen LogP contribution is 2.25. The second-order valence-electron chi connectivity index (χ2n) is 21.0. The van der Waals surface area contributed by atoms with Crippen LogP contribution in [0.2, 0.25) is 0 Å². The molecule has 0 bridgehead atoms. The fourth-order valence-corrected chi connectivity index (χ4v) is 11.4. The zero-order valence-corrected chi connectivity index (χ0v) is 58.1. The van der Waals surface area contributed by atoms with Gasteiger partial charge in [0.15, 0.2) is 0 Å². The van der Waals surface area contributed by atoms with Crippen LogP contribution >= 0.6 is 47.9 Å². The van der Waals surface area contributed by atoms with E-state index in [-0.39, 0.29) is 247 Å². The fraction of sp³-hybridized carbons (Fsp3) is 0.607. The molecule has 36 heteroatoms. The quantitative estimate of drug-likeness (QED) is 0.0403. The number of hydrogen-bond acceptors (Lipinski definition) is 28. The number of carbonyl (C=O) groups is 16. The molecule has 8 aliphatic heterocycles. The van der Waals surface area contributed by atoms with Crippen LogP contribution in [0, 0.1) is 5.92 Å². The standard InChI is InChI=1S/C16H24N2O6S.2C15H20N2O6S.C14H16N2O6.CH4S/c1-11-9-13(19)17(15(11)21)3-5-23-7-8-24-6-4-18-14(20)10-12(25-2)16(18)22;2*1-24-11-10-14(20)17(15(11)21)5-7-23-9-8-22-6-4-16-12(18)2-3-13(16)19;17-11-1-2-12(18)15(11)5-7-21-9-10-22-8-6-16-13(19)3-4-14(16)20;1-2/h11-12H,3-10H2,1-2H3;2*2-3,11H,4-10H2,1H3;1-4H,5-10H2;2H,1H3. The number of carbonyl (C=O) groups excluding carboxylic acids is 16. The minimum Gasteiger partial charge on any atom is -0.377 e. The maximum Gasteiger partial charge on any atom is 0.253 e. The average Bonchev–Trinajstić information content (AvgIpc) is 1.75. The van der Waals surface area contributed by atoms with Gasteiger partial charge in [-0.15, -0.1) is 0 Å². The maximum atomic E-state index is 11.9. The van der Waals surface area contributed by atoms with E-state index in [4.69, 9.17) is 37.9 Å². The fourth-order valence-electron chi connectivity index (χ4n) is 9.44. The monoisotopic (exact) mass is 1440 g/mol. The molecule has 536 valence electrons. The second kappa shape index (κ2) is 45.0. The van der Waals surface area contributed by atoms with E-state index >= 15 is 0 Å². The van der Waals surface area contributed by atoms with Crippen LogP contribution in [0.4, 0.5) is 0 Å². The van der Waals surface area contributed by atoms with Gasteiger partial charge in [0, 0.05) is 80.2 Å². The third kappa shape index (κ3) is 26.7. The molecule has 32 nitrogen and oxygen atoms in total. The third-order valence-corrected chi connectivity index (χ3v) is 17.5. The molecule has 97 heavy (non-hydrogen) atoms. The number of rotatable bonds is 39. The lowest BCUT2D eigenvalue weighted by Crippen LogP contribution is -2.34. The van der Waals surface area contributed by atoms with Gasteiger partial charge in [-0.1, -0.05) is 6.92 Å². The Kier molecular flexibility index (Phi) is 38.3. The molecule has 0 aromatic heterocycles. The Morgan fingerprint density at radius 1 is 0.278 bits per heavy atom. The van der Waals surface area contributed by atoms with Crippen LogP contribution in [0.25, 0.3) is 0 Å². The lowest BCUT2D eigenvalue weighted by molar-refractivity contribution is -0.141. The molecule has 8 aliphatic rings. The summed E-state index contributed by atoms with van der Waals surface area (Å²) in [7, 11) is 0. The van der Waals surface area contributed by atoms with E-state index in [2.05, 4.69) is 12.6 Å². The van der Waals surface area contributed by atoms with Crippen molar-refractivity contribution in [2.45, 2.75) is 48.4 Å². The second-order valence-corrected chi connectivity index (χ2v) is 24.1. The van der Waals surface area contributed by atoms with Gasteiger partial charge in [-0.25, -0.2) is 0 Å². The van der Waals surface area contributed by atoms with Crippen molar-refractivity contribution in [3.05, 3.63) is 48.6 Å². The molecular weight excluding hydrogens is 1360 g/mol.